The lowest BCUT2D eigenvalue weighted by atomic mass is 10.2. The van der Waals surface area contributed by atoms with E-state index in [9.17, 15) is 5.11 Å². The molecule has 1 aliphatic rings. The van der Waals surface area contributed by atoms with Crippen LogP contribution in [0.2, 0.25) is 0 Å². The maximum atomic E-state index is 10.3. The maximum absolute atomic E-state index is 10.3. The van der Waals surface area contributed by atoms with Crippen molar-refractivity contribution in [2.24, 2.45) is 0 Å². The van der Waals surface area contributed by atoms with Crippen LogP contribution >= 0.6 is 23.7 Å². The first-order valence-corrected chi connectivity index (χ1v) is 10.3. The number of aryl methyl sites for hydroxylation is 1. The molecule has 156 valence electrons. The van der Waals surface area contributed by atoms with Crippen LogP contribution in [-0.2, 0) is 0 Å². The number of ether oxygens (including phenoxy) is 2. The third-order valence-corrected chi connectivity index (χ3v) is 5.36. The predicted molar refractivity (Wildman–Crippen MR) is 116 cm³/mol. The first-order valence-electron chi connectivity index (χ1n) is 9.47. The van der Waals surface area contributed by atoms with Crippen LogP contribution in [0, 0.1) is 6.92 Å². The van der Waals surface area contributed by atoms with Gasteiger partial charge >= 0.3 is 0 Å². The Labute approximate surface area is 177 Å². The number of anilines is 1. The average molecular weight is 428 g/mol. The number of piperazine rings is 1. The molecule has 0 aliphatic carbocycles. The molecule has 28 heavy (non-hydrogen) atoms. The van der Waals surface area contributed by atoms with Crippen molar-refractivity contribution in [3.63, 3.8) is 0 Å². The topological polar surface area (TPSA) is 58.1 Å². The number of para-hydroxylation sites is 2. The van der Waals surface area contributed by atoms with Crippen molar-refractivity contribution in [3.05, 3.63) is 35.5 Å². The molecular weight excluding hydrogens is 398 g/mol. The fourth-order valence-corrected chi connectivity index (χ4v) is 3.86. The van der Waals surface area contributed by atoms with Crippen LogP contribution in [-0.4, -0.2) is 66.5 Å². The van der Waals surface area contributed by atoms with E-state index in [1.165, 1.54) is 11.3 Å². The number of benzene rings is 1. The van der Waals surface area contributed by atoms with E-state index in [4.69, 9.17) is 9.47 Å². The fraction of sp³-hybridized carbons (Fsp3) is 0.550. The van der Waals surface area contributed by atoms with E-state index in [2.05, 4.69) is 26.9 Å². The van der Waals surface area contributed by atoms with Crippen molar-refractivity contribution in [2.45, 2.75) is 33.0 Å². The monoisotopic (exact) mass is 427 g/mol. The van der Waals surface area contributed by atoms with Crippen LogP contribution in [0.5, 0.6) is 10.8 Å². The highest BCUT2D eigenvalue weighted by Crippen LogP contribution is 2.29. The van der Waals surface area contributed by atoms with Gasteiger partial charge in [-0.25, -0.2) is 4.98 Å². The molecule has 0 bridgehead atoms. The van der Waals surface area contributed by atoms with Crippen molar-refractivity contribution >= 4 is 29.4 Å². The predicted octanol–water partition coefficient (Wildman–Crippen LogP) is 3.22. The molecule has 6 nitrogen and oxygen atoms in total. The zero-order valence-corrected chi connectivity index (χ0v) is 18.3. The standard InChI is InChI=1S/C20H29N3O3S.ClH/c1-15(2)26-19-7-5-4-6-18(19)23-10-8-22(9-11-23)12-17(24)13-25-20-16(3)21-14-27-20;/h4-7,14-15,17,24H,8-13H2,1-3H3;1H. The first-order chi connectivity index (χ1) is 13.0. The molecule has 0 radical (unpaired) electrons. The summed E-state index contributed by atoms with van der Waals surface area (Å²) in [4.78, 5) is 8.80. The van der Waals surface area contributed by atoms with E-state index in [-0.39, 0.29) is 18.5 Å². The van der Waals surface area contributed by atoms with E-state index >= 15 is 0 Å². The lowest BCUT2D eigenvalue weighted by molar-refractivity contribution is 0.0672. The Bertz CT molecular complexity index is 720. The molecule has 1 fully saturated rings. The molecule has 3 rings (SSSR count). The second kappa shape index (κ2) is 10.9. The number of halogens is 1. The van der Waals surface area contributed by atoms with Crippen molar-refractivity contribution in [3.8, 4) is 10.8 Å². The molecule has 1 saturated heterocycles. The number of hydrogen-bond donors (Lipinski definition) is 1. The minimum Gasteiger partial charge on any atom is -0.489 e. The van der Waals surface area contributed by atoms with Crippen molar-refractivity contribution < 1.29 is 14.6 Å². The van der Waals surface area contributed by atoms with Crippen molar-refractivity contribution in [1.29, 1.82) is 0 Å². The number of rotatable bonds is 8. The molecule has 1 aromatic heterocycles. The summed E-state index contributed by atoms with van der Waals surface area (Å²) in [5.41, 5.74) is 3.79. The van der Waals surface area contributed by atoms with Gasteiger partial charge in [0.05, 0.1) is 23.0 Å². The average Bonchev–Trinajstić information content (AvgIpc) is 3.06. The number of thiazole rings is 1. The van der Waals surface area contributed by atoms with Gasteiger partial charge in [-0.15, -0.1) is 12.4 Å². The Hall–Kier alpha value is -1.54. The molecule has 2 heterocycles. The Balaban J connectivity index is 0.00000280. The van der Waals surface area contributed by atoms with E-state index in [1.807, 2.05) is 32.9 Å². The molecule has 8 heteroatoms. The number of β-amino-alcohol motifs (C(OH)–C–C–N with tert-alkyl or cyclic N) is 1. The quantitative estimate of drug-likeness (QED) is 0.698. The van der Waals surface area contributed by atoms with Gasteiger partial charge in [0, 0.05) is 32.7 Å². The van der Waals surface area contributed by atoms with Gasteiger partial charge in [-0.05, 0) is 32.9 Å². The van der Waals surface area contributed by atoms with Crippen LogP contribution in [0.25, 0.3) is 0 Å². The van der Waals surface area contributed by atoms with Gasteiger partial charge in [0.15, 0.2) is 5.06 Å². The molecule has 0 amide bonds. The summed E-state index contributed by atoms with van der Waals surface area (Å²) in [7, 11) is 0. The Morgan fingerprint density at radius 1 is 1.18 bits per heavy atom. The van der Waals surface area contributed by atoms with E-state index in [0.29, 0.717) is 13.2 Å². The highest BCUT2D eigenvalue weighted by atomic mass is 35.5. The van der Waals surface area contributed by atoms with Gasteiger partial charge in [0.2, 0.25) is 0 Å². The molecule has 1 atom stereocenters. The molecule has 2 aromatic rings. The summed E-state index contributed by atoms with van der Waals surface area (Å²) in [5, 5.41) is 11.1. The minimum absolute atomic E-state index is 0. The Morgan fingerprint density at radius 2 is 1.89 bits per heavy atom. The van der Waals surface area contributed by atoms with Crippen LogP contribution in [0.4, 0.5) is 5.69 Å². The van der Waals surface area contributed by atoms with Crippen LogP contribution in [0.15, 0.2) is 29.8 Å². The fourth-order valence-electron chi connectivity index (χ4n) is 3.20. The van der Waals surface area contributed by atoms with Gasteiger partial charge in [0.1, 0.15) is 18.5 Å². The van der Waals surface area contributed by atoms with Crippen molar-refractivity contribution in [2.75, 3.05) is 44.2 Å². The van der Waals surface area contributed by atoms with Gasteiger partial charge in [-0.3, -0.25) is 4.90 Å². The molecule has 1 unspecified atom stereocenters. The van der Waals surface area contributed by atoms with Crippen LogP contribution < -0.4 is 14.4 Å². The number of aliphatic hydroxyl groups is 1. The van der Waals surface area contributed by atoms with Gasteiger partial charge in [0.25, 0.3) is 0 Å². The molecule has 1 N–H and O–H groups in total. The largest absolute Gasteiger partial charge is 0.489 e. The molecule has 0 saturated carbocycles. The smallest absolute Gasteiger partial charge is 0.197 e. The lowest BCUT2D eigenvalue weighted by Gasteiger charge is -2.37. The van der Waals surface area contributed by atoms with E-state index in [1.54, 1.807) is 5.51 Å². The summed E-state index contributed by atoms with van der Waals surface area (Å²) in [6.07, 6.45) is -0.348. The highest BCUT2D eigenvalue weighted by Gasteiger charge is 2.22. The maximum Gasteiger partial charge on any atom is 0.197 e. The normalized spacial score (nSPS) is 16.0. The summed E-state index contributed by atoms with van der Waals surface area (Å²) in [6, 6.07) is 8.22. The first kappa shape index (κ1) is 22.7. The molecule has 1 aromatic carbocycles. The zero-order chi connectivity index (χ0) is 19.2. The second-order valence-corrected chi connectivity index (χ2v) is 7.93. The van der Waals surface area contributed by atoms with Crippen LogP contribution in [0.1, 0.15) is 19.5 Å². The Morgan fingerprint density at radius 3 is 2.54 bits per heavy atom. The molecular formula is C20H30ClN3O3S. The van der Waals surface area contributed by atoms with E-state index in [0.717, 1.165) is 48.4 Å². The summed E-state index contributed by atoms with van der Waals surface area (Å²) >= 11 is 1.46. The summed E-state index contributed by atoms with van der Waals surface area (Å²) in [6.45, 7) is 10.6. The van der Waals surface area contributed by atoms with Gasteiger partial charge < -0.3 is 19.5 Å². The molecule has 1 aliphatic heterocycles. The number of hydrogen-bond acceptors (Lipinski definition) is 7. The summed E-state index contributed by atoms with van der Waals surface area (Å²) in [5.74, 6) is 0.939. The third kappa shape index (κ3) is 6.24. The molecule has 0 spiro atoms. The Kier molecular flexibility index (Phi) is 8.82. The minimum atomic E-state index is -0.505. The number of aromatic nitrogens is 1. The number of nitrogens with zero attached hydrogens (tertiary/aromatic N) is 3. The zero-order valence-electron chi connectivity index (χ0n) is 16.7. The van der Waals surface area contributed by atoms with Gasteiger partial charge in [-0.2, -0.15) is 0 Å². The SMILES string of the molecule is Cc1ncsc1OCC(O)CN1CCN(c2ccccc2OC(C)C)CC1.Cl. The third-order valence-electron chi connectivity index (χ3n) is 4.52. The lowest BCUT2D eigenvalue weighted by Crippen LogP contribution is -2.49. The number of aliphatic hydroxyl groups excluding tert-OH is 1. The van der Waals surface area contributed by atoms with Crippen molar-refractivity contribution in [1.82, 2.24) is 9.88 Å². The summed E-state index contributed by atoms with van der Waals surface area (Å²) < 4.78 is 11.6. The highest BCUT2D eigenvalue weighted by molar-refractivity contribution is 7.11. The van der Waals surface area contributed by atoms with Crippen LogP contribution in [0.3, 0.4) is 0 Å². The van der Waals surface area contributed by atoms with E-state index < -0.39 is 6.10 Å². The second-order valence-electron chi connectivity index (χ2n) is 7.11. The van der Waals surface area contributed by atoms with Gasteiger partial charge in [-0.1, -0.05) is 23.5 Å².